The van der Waals surface area contributed by atoms with Gasteiger partial charge in [0.05, 0.1) is 13.2 Å². The molecule has 0 bridgehead atoms. The van der Waals surface area contributed by atoms with Crippen LogP contribution in [0.4, 0.5) is 0 Å². The number of fused-ring (bicyclic) bond motifs is 1. The maximum atomic E-state index is 11.7. The van der Waals surface area contributed by atoms with Gasteiger partial charge in [-0.1, -0.05) is 65.8 Å². The van der Waals surface area contributed by atoms with Crippen molar-refractivity contribution in [2.24, 2.45) is 5.11 Å². The third kappa shape index (κ3) is 12.4. The van der Waals surface area contributed by atoms with E-state index in [2.05, 4.69) is 74.3 Å². The van der Waals surface area contributed by atoms with Crippen molar-refractivity contribution in [1.29, 1.82) is 0 Å². The second-order valence-corrected chi connectivity index (χ2v) is 11.7. The Morgan fingerprint density at radius 1 is 0.867 bits per heavy atom. The molecule has 11 heteroatoms. The highest BCUT2D eigenvalue weighted by atomic mass is 32.1. The maximum Gasteiger partial charge on any atom is 0.354 e. The van der Waals surface area contributed by atoms with Gasteiger partial charge in [-0.2, -0.15) is 0 Å². The van der Waals surface area contributed by atoms with Crippen LogP contribution in [0.25, 0.3) is 20.7 Å². The number of thiophene rings is 2. The second-order valence-electron chi connectivity index (χ2n) is 9.53. The van der Waals surface area contributed by atoms with E-state index in [0.717, 1.165) is 47.7 Å². The Morgan fingerprint density at radius 2 is 1.49 bits per heavy atom. The molecule has 2 aromatic carbocycles. The smallest absolute Gasteiger partial charge is 0.354 e. The van der Waals surface area contributed by atoms with Gasteiger partial charge in [0.2, 0.25) is 0 Å². The Morgan fingerprint density at radius 3 is 2.02 bits per heavy atom. The van der Waals surface area contributed by atoms with E-state index in [9.17, 15) is 14.4 Å². The van der Waals surface area contributed by atoms with Gasteiger partial charge in [-0.25, -0.2) is 4.79 Å². The summed E-state index contributed by atoms with van der Waals surface area (Å²) in [4.78, 5) is 41.6. The van der Waals surface area contributed by atoms with Gasteiger partial charge in [0, 0.05) is 31.0 Å². The molecule has 0 saturated carbocycles. The molecule has 1 N–H and O–H groups in total. The van der Waals surface area contributed by atoms with E-state index in [0.29, 0.717) is 18.9 Å². The molecule has 0 fully saturated rings. The Bertz CT molecular complexity index is 1640. The molecule has 0 amide bonds. The second kappa shape index (κ2) is 19.6. The molecule has 9 nitrogen and oxygen atoms in total. The molecule has 0 atom stereocenters. The van der Waals surface area contributed by atoms with Crippen LogP contribution in [0.3, 0.4) is 0 Å². The number of benzene rings is 2. The molecule has 3 aromatic heterocycles. The molecule has 0 spiro atoms. The van der Waals surface area contributed by atoms with Gasteiger partial charge in [-0.3, -0.25) is 9.59 Å². The van der Waals surface area contributed by atoms with Crippen molar-refractivity contribution in [3.8, 4) is 0 Å². The van der Waals surface area contributed by atoms with Crippen LogP contribution in [-0.2, 0) is 40.0 Å². The van der Waals surface area contributed by atoms with Crippen molar-refractivity contribution < 1.29 is 23.9 Å². The van der Waals surface area contributed by atoms with Gasteiger partial charge in [0.1, 0.15) is 17.1 Å². The minimum absolute atomic E-state index is 0.218. The summed E-state index contributed by atoms with van der Waals surface area (Å²) < 4.78 is 9.44. The largest absolute Gasteiger partial charge is 0.466 e. The van der Waals surface area contributed by atoms with Gasteiger partial charge in [-0.05, 0) is 74.4 Å². The van der Waals surface area contributed by atoms with Crippen LogP contribution in [0.1, 0.15) is 55.6 Å². The lowest BCUT2D eigenvalue weighted by Gasteiger charge is -1.99. The molecule has 0 unspecified atom stereocenters. The molecule has 0 saturated heterocycles. The summed E-state index contributed by atoms with van der Waals surface area (Å²) >= 11 is 3.37. The molecule has 5 rings (SSSR count). The third-order valence-corrected chi connectivity index (χ3v) is 8.38. The number of aryl methyl sites for hydroxylation is 4. The number of aldehydes is 1. The number of esters is 2. The first-order valence-electron chi connectivity index (χ1n) is 14.5. The Hall–Kier alpha value is -4.70. The maximum absolute atomic E-state index is 11.7. The van der Waals surface area contributed by atoms with E-state index in [1.807, 2.05) is 36.6 Å². The molecular formula is C34H36N4O5S2. The van der Waals surface area contributed by atoms with Crippen molar-refractivity contribution in [1.82, 2.24) is 4.98 Å². The number of aromatic amines is 1. The van der Waals surface area contributed by atoms with E-state index in [1.54, 1.807) is 29.6 Å². The highest BCUT2D eigenvalue weighted by Crippen LogP contribution is 2.27. The Labute approximate surface area is 270 Å². The van der Waals surface area contributed by atoms with E-state index < -0.39 is 5.97 Å². The summed E-state index contributed by atoms with van der Waals surface area (Å²) in [7, 11) is 0. The Kier molecular flexibility index (Phi) is 15.1. The van der Waals surface area contributed by atoms with Crippen LogP contribution >= 0.6 is 22.7 Å². The number of carbonyl (C=O) groups is 3. The summed E-state index contributed by atoms with van der Waals surface area (Å²) in [6.45, 7) is 4.00. The molecule has 5 aromatic rings. The zero-order valence-electron chi connectivity index (χ0n) is 25.3. The van der Waals surface area contributed by atoms with Gasteiger partial charge in [0.15, 0.2) is 6.29 Å². The minimum atomic E-state index is -0.490. The molecule has 0 aliphatic heterocycles. The normalized spacial score (nSPS) is 10.0. The highest BCUT2D eigenvalue weighted by molar-refractivity contribution is 7.18. The summed E-state index contributed by atoms with van der Waals surface area (Å²) in [5.74, 6) is -0.776. The van der Waals surface area contributed by atoms with Crippen molar-refractivity contribution in [3.05, 3.63) is 127 Å². The predicted octanol–water partition coefficient (Wildman–Crippen LogP) is 8.40. The molecule has 0 aliphatic rings. The number of hydrogen-bond donors (Lipinski definition) is 1. The van der Waals surface area contributed by atoms with E-state index in [1.165, 1.54) is 20.9 Å². The molecule has 0 aliphatic carbocycles. The number of nitrogens with one attached hydrogen (secondary N) is 1. The number of hydrogen-bond acceptors (Lipinski definition) is 8. The summed E-state index contributed by atoms with van der Waals surface area (Å²) in [6, 6.07) is 26.9. The van der Waals surface area contributed by atoms with Crippen molar-refractivity contribution in [2.45, 2.75) is 39.5 Å². The number of nitrogens with zero attached hydrogens (tertiary/aromatic N) is 3. The fraction of sp³-hybridized carbons (Fsp3) is 0.265. The quantitative estimate of drug-likeness (QED) is 0.0478. The molecule has 234 valence electrons. The van der Waals surface area contributed by atoms with Crippen LogP contribution in [0.15, 0.2) is 89.4 Å². The molecule has 45 heavy (non-hydrogen) atoms. The lowest BCUT2D eigenvalue weighted by Crippen LogP contribution is -2.06. The number of ether oxygens (including phenoxy) is 2. The standard InChI is InChI=1S/C17H17NO2S.C13H12OS.C4H7N3O2/c1-2-20-17(19)15-11-13-10-14(21-16(13)18-15)9-8-12-6-4-3-5-7-12;14-9-12-8-13(15-10-12)7-6-11-4-2-1-3-5-11;1-2-9-4(8)3-6-7-5/h3-7,10-11,18H,2,8-9H2,1H3;1-5,8-10H,6-7H2;2-3H2,1H3. The van der Waals surface area contributed by atoms with Crippen LogP contribution < -0.4 is 0 Å². The number of azide groups is 1. The van der Waals surface area contributed by atoms with E-state index in [-0.39, 0.29) is 12.5 Å². The molecule has 3 heterocycles. The lowest BCUT2D eigenvalue weighted by molar-refractivity contribution is -0.141. The highest BCUT2D eigenvalue weighted by Gasteiger charge is 2.12. The van der Waals surface area contributed by atoms with Crippen LogP contribution in [0.5, 0.6) is 0 Å². The summed E-state index contributed by atoms with van der Waals surface area (Å²) in [6.07, 6.45) is 5.02. The fourth-order valence-electron chi connectivity index (χ4n) is 4.13. The van der Waals surface area contributed by atoms with Crippen LogP contribution in [0, 0.1) is 0 Å². The van der Waals surface area contributed by atoms with E-state index >= 15 is 0 Å². The first-order chi connectivity index (χ1) is 21.9. The third-order valence-electron chi connectivity index (χ3n) is 6.24. The number of rotatable bonds is 12. The van der Waals surface area contributed by atoms with Gasteiger partial charge in [0.25, 0.3) is 0 Å². The van der Waals surface area contributed by atoms with Gasteiger partial charge >= 0.3 is 11.9 Å². The monoisotopic (exact) mass is 644 g/mol. The lowest BCUT2D eigenvalue weighted by atomic mass is 10.1. The Balaban J connectivity index is 0.000000201. The van der Waals surface area contributed by atoms with E-state index in [4.69, 9.17) is 10.3 Å². The SMILES string of the molecule is CCOC(=O)CN=[N+]=[N-].CCOC(=O)c1cc2cc(CCc3ccccc3)sc2[nH]1.O=Cc1csc(CCc2ccccc2)c1. The zero-order chi connectivity index (χ0) is 32.3. The first kappa shape index (κ1) is 34.8. The topological polar surface area (TPSA) is 134 Å². The number of carbonyl (C=O) groups excluding carboxylic acids is 3. The van der Waals surface area contributed by atoms with Crippen LogP contribution in [0.2, 0.25) is 0 Å². The summed E-state index contributed by atoms with van der Waals surface area (Å²) in [5.41, 5.74) is 11.8. The molecule has 0 radical (unpaired) electrons. The minimum Gasteiger partial charge on any atom is -0.466 e. The number of aromatic nitrogens is 1. The van der Waals surface area contributed by atoms with Gasteiger partial charge < -0.3 is 14.5 Å². The van der Waals surface area contributed by atoms with Crippen molar-refractivity contribution in [3.63, 3.8) is 0 Å². The fourth-order valence-corrected chi connectivity index (χ4v) is 6.01. The average molecular weight is 645 g/mol. The van der Waals surface area contributed by atoms with Gasteiger partial charge in [-0.15, -0.1) is 22.7 Å². The first-order valence-corrected chi connectivity index (χ1v) is 16.2. The van der Waals surface area contributed by atoms with Crippen molar-refractivity contribution in [2.75, 3.05) is 19.8 Å². The average Bonchev–Trinajstić information content (AvgIpc) is 3.79. The number of H-pyrrole nitrogens is 1. The zero-order valence-corrected chi connectivity index (χ0v) is 26.9. The molecular weight excluding hydrogens is 609 g/mol. The van der Waals surface area contributed by atoms with Crippen molar-refractivity contribution >= 4 is 51.1 Å². The van der Waals surface area contributed by atoms with Crippen LogP contribution in [-0.4, -0.2) is 43.0 Å². The summed E-state index contributed by atoms with van der Waals surface area (Å²) in [5, 5.41) is 6.00. The predicted molar refractivity (Wildman–Crippen MR) is 180 cm³/mol.